The summed E-state index contributed by atoms with van der Waals surface area (Å²) in [5.41, 5.74) is 10.2. The number of H-pyrrole nitrogens is 2. The Kier molecular flexibility index (Phi) is 2.64. The molecule has 4 nitrogen and oxygen atoms in total. The SMILES string of the molecule is Cc1cccc2c(-c3cnc(CCN)[nH]3)c[nH]c12. The number of hydrogen-bond donors (Lipinski definition) is 3. The normalized spacial score (nSPS) is 11.2. The van der Waals surface area contributed by atoms with Crippen LogP contribution in [0.15, 0.2) is 30.6 Å². The van der Waals surface area contributed by atoms with Crippen LogP contribution in [0.2, 0.25) is 0 Å². The first-order valence-electron chi connectivity index (χ1n) is 6.10. The van der Waals surface area contributed by atoms with Gasteiger partial charge in [-0.15, -0.1) is 0 Å². The van der Waals surface area contributed by atoms with Gasteiger partial charge in [-0.1, -0.05) is 18.2 Å². The lowest BCUT2D eigenvalue weighted by Gasteiger charge is -1.97. The molecule has 0 saturated carbocycles. The van der Waals surface area contributed by atoms with Gasteiger partial charge in [0.15, 0.2) is 0 Å². The molecular formula is C14H16N4. The van der Waals surface area contributed by atoms with Gasteiger partial charge in [0.05, 0.1) is 11.9 Å². The lowest BCUT2D eigenvalue weighted by molar-refractivity contribution is 0.895. The minimum absolute atomic E-state index is 0.611. The van der Waals surface area contributed by atoms with Gasteiger partial charge in [-0.3, -0.25) is 0 Å². The zero-order valence-corrected chi connectivity index (χ0v) is 10.3. The van der Waals surface area contributed by atoms with Crippen LogP contribution < -0.4 is 5.73 Å². The number of hydrogen-bond acceptors (Lipinski definition) is 2. The highest BCUT2D eigenvalue weighted by Crippen LogP contribution is 2.28. The standard InChI is InChI=1S/C14H16N4/c1-9-3-2-4-10-11(7-17-14(9)10)12-8-16-13(18-12)5-6-15/h2-4,7-8,17H,5-6,15H2,1H3,(H,16,18). The number of fused-ring (bicyclic) bond motifs is 1. The summed E-state index contributed by atoms with van der Waals surface area (Å²) in [4.78, 5) is 11.0. The van der Waals surface area contributed by atoms with Crippen LogP contribution in [0.5, 0.6) is 0 Å². The summed E-state index contributed by atoms with van der Waals surface area (Å²) in [6.07, 6.45) is 4.68. The molecule has 3 aromatic rings. The van der Waals surface area contributed by atoms with Gasteiger partial charge in [-0.05, 0) is 19.0 Å². The lowest BCUT2D eigenvalue weighted by atomic mass is 10.1. The van der Waals surface area contributed by atoms with E-state index < -0.39 is 0 Å². The number of rotatable bonds is 3. The average Bonchev–Trinajstić information content (AvgIpc) is 2.96. The topological polar surface area (TPSA) is 70.5 Å². The molecule has 4 heteroatoms. The Balaban J connectivity index is 2.10. The van der Waals surface area contributed by atoms with Gasteiger partial charge in [0.25, 0.3) is 0 Å². The third-order valence-corrected chi connectivity index (χ3v) is 3.22. The number of aromatic nitrogens is 3. The molecule has 0 amide bonds. The second-order valence-corrected chi connectivity index (χ2v) is 4.48. The molecule has 3 rings (SSSR count). The van der Waals surface area contributed by atoms with Gasteiger partial charge in [0.2, 0.25) is 0 Å². The molecule has 0 radical (unpaired) electrons. The smallest absolute Gasteiger partial charge is 0.107 e. The number of nitrogens with zero attached hydrogens (tertiary/aromatic N) is 1. The molecule has 18 heavy (non-hydrogen) atoms. The van der Waals surface area contributed by atoms with Gasteiger partial charge in [-0.25, -0.2) is 4.98 Å². The molecule has 0 aliphatic carbocycles. The van der Waals surface area contributed by atoms with Crippen molar-refractivity contribution in [1.82, 2.24) is 15.0 Å². The number of nitrogens with one attached hydrogen (secondary N) is 2. The van der Waals surface area contributed by atoms with Crippen molar-refractivity contribution in [2.24, 2.45) is 5.73 Å². The fourth-order valence-electron chi connectivity index (χ4n) is 2.29. The zero-order chi connectivity index (χ0) is 12.5. The summed E-state index contributed by atoms with van der Waals surface area (Å²) in [5, 5.41) is 1.22. The predicted molar refractivity (Wildman–Crippen MR) is 73.4 cm³/mol. The maximum atomic E-state index is 5.53. The lowest BCUT2D eigenvalue weighted by Crippen LogP contribution is -2.03. The highest BCUT2D eigenvalue weighted by molar-refractivity contribution is 5.96. The van der Waals surface area contributed by atoms with Gasteiger partial charge in [0, 0.05) is 29.1 Å². The third kappa shape index (κ3) is 1.71. The molecule has 0 aliphatic rings. The van der Waals surface area contributed by atoms with Crippen molar-refractivity contribution in [3.05, 3.63) is 42.0 Å². The number of benzene rings is 1. The van der Waals surface area contributed by atoms with E-state index in [0.717, 1.165) is 23.5 Å². The van der Waals surface area contributed by atoms with Crippen LogP contribution >= 0.6 is 0 Å². The second-order valence-electron chi connectivity index (χ2n) is 4.48. The van der Waals surface area contributed by atoms with Gasteiger partial charge in [-0.2, -0.15) is 0 Å². The van der Waals surface area contributed by atoms with Crippen molar-refractivity contribution in [3.63, 3.8) is 0 Å². The molecular weight excluding hydrogens is 224 g/mol. The van der Waals surface area contributed by atoms with Crippen LogP contribution in [0, 0.1) is 6.92 Å². The Labute approximate surface area is 105 Å². The molecule has 0 aliphatic heterocycles. The van der Waals surface area contributed by atoms with E-state index in [9.17, 15) is 0 Å². The van der Waals surface area contributed by atoms with Crippen molar-refractivity contribution < 1.29 is 0 Å². The number of aryl methyl sites for hydroxylation is 1. The summed E-state index contributed by atoms with van der Waals surface area (Å²) in [5.74, 6) is 0.939. The van der Waals surface area contributed by atoms with Crippen LogP contribution in [0.4, 0.5) is 0 Å². The third-order valence-electron chi connectivity index (χ3n) is 3.22. The van der Waals surface area contributed by atoms with E-state index in [1.807, 2.05) is 12.4 Å². The second kappa shape index (κ2) is 4.31. The Morgan fingerprint density at radius 2 is 2.22 bits per heavy atom. The number of nitrogens with two attached hydrogens (primary N) is 1. The first-order valence-corrected chi connectivity index (χ1v) is 6.10. The Morgan fingerprint density at radius 1 is 1.33 bits per heavy atom. The van der Waals surface area contributed by atoms with E-state index >= 15 is 0 Å². The fraction of sp³-hybridized carbons (Fsp3) is 0.214. The minimum atomic E-state index is 0.611. The van der Waals surface area contributed by atoms with Crippen molar-refractivity contribution in [1.29, 1.82) is 0 Å². The van der Waals surface area contributed by atoms with Crippen molar-refractivity contribution >= 4 is 10.9 Å². The molecule has 92 valence electrons. The van der Waals surface area contributed by atoms with Gasteiger partial charge >= 0.3 is 0 Å². The first kappa shape index (κ1) is 11.0. The summed E-state index contributed by atoms with van der Waals surface area (Å²) in [6.45, 7) is 2.72. The van der Waals surface area contributed by atoms with Crippen molar-refractivity contribution in [3.8, 4) is 11.3 Å². The Bertz CT molecular complexity index is 678. The summed E-state index contributed by atoms with van der Waals surface area (Å²) in [6, 6.07) is 6.30. The average molecular weight is 240 g/mol. The minimum Gasteiger partial charge on any atom is -0.360 e. The highest BCUT2D eigenvalue weighted by Gasteiger charge is 2.09. The largest absolute Gasteiger partial charge is 0.360 e. The number of imidazole rings is 1. The van der Waals surface area contributed by atoms with E-state index in [1.54, 1.807) is 0 Å². The van der Waals surface area contributed by atoms with E-state index in [-0.39, 0.29) is 0 Å². The number of para-hydroxylation sites is 1. The Hall–Kier alpha value is -2.07. The molecule has 4 N–H and O–H groups in total. The van der Waals surface area contributed by atoms with Crippen molar-refractivity contribution in [2.75, 3.05) is 6.54 Å². The summed E-state index contributed by atoms with van der Waals surface area (Å²) in [7, 11) is 0. The fourth-order valence-corrected chi connectivity index (χ4v) is 2.29. The quantitative estimate of drug-likeness (QED) is 0.657. The molecule has 2 aromatic heterocycles. The molecule has 0 fully saturated rings. The van der Waals surface area contributed by atoms with Crippen LogP contribution in [0.3, 0.4) is 0 Å². The van der Waals surface area contributed by atoms with Crippen LogP contribution in [0.25, 0.3) is 22.2 Å². The first-order chi connectivity index (χ1) is 8.79. The van der Waals surface area contributed by atoms with E-state index in [1.165, 1.54) is 16.5 Å². The summed E-state index contributed by atoms with van der Waals surface area (Å²) >= 11 is 0. The van der Waals surface area contributed by atoms with Crippen molar-refractivity contribution in [2.45, 2.75) is 13.3 Å². The van der Waals surface area contributed by atoms with Gasteiger partial charge in [0.1, 0.15) is 5.82 Å². The zero-order valence-electron chi connectivity index (χ0n) is 10.3. The van der Waals surface area contributed by atoms with Crippen LogP contribution in [-0.4, -0.2) is 21.5 Å². The molecule has 0 saturated heterocycles. The molecule has 0 bridgehead atoms. The van der Waals surface area contributed by atoms with Gasteiger partial charge < -0.3 is 15.7 Å². The maximum Gasteiger partial charge on any atom is 0.107 e. The molecule has 0 unspecified atom stereocenters. The summed E-state index contributed by atoms with van der Waals surface area (Å²) < 4.78 is 0. The van der Waals surface area contributed by atoms with Crippen LogP contribution in [-0.2, 0) is 6.42 Å². The molecule has 0 atom stereocenters. The molecule has 2 heterocycles. The monoisotopic (exact) mass is 240 g/mol. The number of aromatic amines is 2. The van der Waals surface area contributed by atoms with Crippen LogP contribution in [0.1, 0.15) is 11.4 Å². The molecule has 0 spiro atoms. The van der Waals surface area contributed by atoms with E-state index in [0.29, 0.717) is 6.54 Å². The highest BCUT2D eigenvalue weighted by atomic mass is 14.9. The predicted octanol–water partition coefficient (Wildman–Crippen LogP) is 2.37. The van der Waals surface area contributed by atoms with E-state index in [2.05, 4.69) is 40.1 Å². The van der Waals surface area contributed by atoms with E-state index in [4.69, 9.17) is 5.73 Å². The maximum absolute atomic E-state index is 5.53. The molecule has 1 aromatic carbocycles. The Morgan fingerprint density at radius 3 is 3.06 bits per heavy atom.